The molecule has 0 bridgehead atoms. The first-order valence-electron chi connectivity index (χ1n) is 5.45. The van der Waals surface area contributed by atoms with E-state index in [1.807, 2.05) is 0 Å². The Hall–Kier alpha value is -1.36. The van der Waals surface area contributed by atoms with Gasteiger partial charge in [0.2, 0.25) is 5.95 Å². The van der Waals surface area contributed by atoms with Gasteiger partial charge in [0.25, 0.3) is 0 Å². The molecule has 5 heteroatoms. The van der Waals surface area contributed by atoms with Gasteiger partial charge in [-0.3, -0.25) is 0 Å². The molecule has 1 saturated heterocycles. The van der Waals surface area contributed by atoms with E-state index < -0.39 is 0 Å². The molecular weight excluding hydrogens is 190 g/mol. The Morgan fingerprint density at radius 2 is 1.93 bits per heavy atom. The van der Waals surface area contributed by atoms with Gasteiger partial charge in [-0.25, -0.2) is 4.98 Å². The van der Waals surface area contributed by atoms with Crippen LogP contribution in [-0.4, -0.2) is 23.1 Å². The lowest BCUT2D eigenvalue weighted by atomic mass is 10.2. The number of anilines is 2. The Morgan fingerprint density at radius 3 is 2.73 bits per heavy atom. The van der Waals surface area contributed by atoms with E-state index in [1.165, 1.54) is 12.8 Å². The van der Waals surface area contributed by atoms with E-state index in [2.05, 4.69) is 20.2 Å². The van der Waals surface area contributed by atoms with E-state index in [1.54, 1.807) is 0 Å². The smallest absolute Gasteiger partial charge is 0.227 e. The molecule has 0 saturated carbocycles. The van der Waals surface area contributed by atoms with Crippen molar-refractivity contribution in [3.63, 3.8) is 0 Å². The van der Waals surface area contributed by atoms with Gasteiger partial charge in [0.15, 0.2) is 0 Å². The summed E-state index contributed by atoms with van der Waals surface area (Å²) in [6.45, 7) is 3.75. The van der Waals surface area contributed by atoms with E-state index in [0.717, 1.165) is 43.4 Å². The molecular formula is C10H15N5. The Morgan fingerprint density at radius 1 is 1.13 bits per heavy atom. The number of rotatable bonds is 1. The highest BCUT2D eigenvalue weighted by Gasteiger charge is 2.21. The predicted molar refractivity (Wildman–Crippen MR) is 58.4 cm³/mol. The third kappa shape index (κ3) is 1.43. The van der Waals surface area contributed by atoms with Crippen molar-refractivity contribution in [2.75, 3.05) is 23.7 Å². The fraction of sp³-hybridized carbons (Fsp3) is 0.600. The number of nitrogen functional groups attached to an aromatic ring is 1. The second-order valence-electron chi connectivity index (χ2n) is 4.13. The van der Waals surface area contributed by atoms with E-state index in [0.29, 0.717) is 5.82 Å². The topological polar surface area (TPSA) is 67.1 Å². The van der Waals surface area contributed by atoms with Crippen LogP contribution in [-0.2, 0) is 13.1 Å². The van der Waals surface area contributed by atoms with Crippen LogP contribution in [0.5, 0.6) is 0 Å². The van der Waals surface area contributed by atoms with Crippen molar-refractivity contribution in [1.29, 1.82) is 0 Å². The maximum Gasteiger partial charge on any atom is 0.227 e. The standard InChI is InChI=1S/C10H15N5/c11-9-7-5-12-6-8(7)13-10(14-9)15-3-1-2-4-15/h12H,1-6H2,(H2,11,13,14). The molecule has 1 aromatic rings. The summed E-state index contributed by atoms with van der Waals surface area (Å²) in [7, 11) is 0. The van der Waals surface area contributed by atoms with Crippen molar-refractivity contribution < 1.29 is 0 Å². The van der Waals surface area contributed by atoms with Crippen molar-refractivity contribution in [1.82, 2.24) is 15.3 Å². The molecule has 1 fully saturated rings. The lowest BCUT2D eigenvalue weighted by molar-refractivity contribution is 0.757. The van der Waals surface area contributed by atoms with Crippen LogP contribution >= 0.6 is 0 Å². The first-order chi connectivity index (χ1) is 7.34. The minimum atomic E-state index is 0.645. The number of fused-ring (bicyclic) bond motifs is 1. The van der Waals surface area contributed by atoms with Gasteiger partial charge in [0.05, 0.1) is 5.69 Å². The summed E-state index contributed by atoms with van der Waals surface area (Å²) >= 11 is 0. The van der Waals surface area contributed by atoms with Crippen LogP contribution in [0.15, 0.2) is 0 Å². The van der Waals surface area contributed by atoms with Gasteiger partial charge in [-0.2, -0.15) is 4.98 Å². The highest BCUT2D eigenvalue weighted by molar-refractivity contribution is 5.49. The lowest BCUT2D eigenvalue weighted by Crippen LogP contribution is -2.21. The molecule has 3 N–H and O–H groups in total. The molecule has 80 valence electrons. The number of hydrogen-bond acceptors (Lipinski definition) is 5. The van der Waals surface area contributed by atoms with Gasteiger partial charge in [-0.15, -0.1) is 0 Å². The zero-order valence-electron chi connectivity index (χ0n) is 8.66. The summed E-state index contributed by atoms with van der Waals surface area (Å²) in [6, 6.07) is 0. The largest absolute Gasteiger partial charge is 0.383 e. The lowest BCUT2D eigenvalue weighted by Gasteiger charge is -2.16. The molecule has 3 rings (SSSR count). The molecule has 0 aromatic carbocycles. The normalized spacial score (nSPS) is 19.6. The van der Waals surface area contributed by atoms with E-state index in [9.17, 15) is 0 Å². The van der Waals surface area contributed by atoms with Crippen LogP contribution in [0.1, 0.15) is 24.1 Å². The molecule has 15 heavy (non-hydrogen) atoms. The first kappa shape index (κ1) is 8.91. The highest BCUT2D eigenvalue weighted by Crippen LogP contribution is 2.23. The molecule has 2 aliphatic rings. The van der Waals surface area contributed by atoms with Crippen LogP contribution < -0.4 is 16.0 Å². The van der Waals surface area contributed by atoms with Gasteiger partial charge in [0, 0.05) is 31.7 Å². The molecule has 0 radical (unpaired) electrons. The van der Waals surface area contributed by atoms with E-state index in [4.69, 9.17) is 5.73 Å². The molecule has 5 nitrogen and oxygen atoms in total. The fourth-order valence-corrected chi connectivity index (χ4v) is 2.24. The summed E-state index contributed by atoms with van der Waals surface area (Å²) in [4.78, 5) is 11.2. The zero-order valence-corrected chi connectivity index (χ0v) is 8.66. The van der Waals surface area contributed by atoms with Crippen molar-refractivity contribution in [2.24, 2.45) is 0 Å². The summed E-state index contributed by atoms with van der Waals surface area (Å²) in [5, 5.41) is 3.25. The molecule has 2 aliphatic heterocycles. The summed E-state index contributed by atoms with van der Waals surface area (Å²) in [5.74, 6) is 1.46. The van der Waals surface area contributed by atoms with E-state index in [-0.39, 0.29) is 0 Å². The summed E-state index contributed by atoms with van der Waals surface area (Å²) in [5.41, 5.74) is 8.08. The molecule has 0 aliphatic carbocycles. The third-order valence-electron chi connectivity index (χ3n) is 3.10. The predicted octanol–water partition coefficient (Wildman–Crippen LogP) is 0.262. The Labute approximate surface area is 88.7 Å². The maximum absolute atomic E-state index is 5.92. The van der Waals surface area contributed by atoms with Crippen LogP contribution in [0.25, 0.3) is 0 Å². The van der Waals surface area contributed by atoms with Crippen LogP contribution in [0.3, 0.4) is 0 Å². The van der Waals surface area contributed by atoms with Gasteiger partial charge in [0.1, 0.15) is 5.82 Å². The maximum atomic E-state index is 5.92. The van der Waals surface area contributed by atoms with E-state index >= 15 is 0 Å². The van der Waals surface area contributed by atoms with Crippen LogP contribution in [0.2, 0.25) is 0 Å². The van der Waals surface area contributed by atoms with Gasteiger partial charge in [-0.1, -0.05) is 0 Å². The molecule has 0 spiro atoms. The van der Waals surface area contributed by atoms with Gasteiger partial charge < -0.3 is 16.0 Å². The zero-order chi connectivity index (χ0) is 10.3. The minimum Gasteiger partial charge on any atom is -0.383 e. The second-order valence-corrected chi connectivity index (χ2v) is 4.13. The van der Waals surface area contributed by atoms with Gasteiger partial charge >= 0.3 is 0 Å². The number of nitrogens with zero attached hydrogens (tertiary/aromatic N) is 3. The first-order valence-corrected chi connectivity index (χ1v) is 5.45. The SMILES string of the molecule is Nc1nc(N2CCCC2)nc2c1CNC2. The van der Waals surface area contributed by atoms with Crippen LogP contribution in [0, 0.1) is 0 Å². The summed E-state index contributed by atoms with van der Waals surface area (Å²) < 4.78 is 0. The quantitative estimate of drug-likeness (QED) is 0.688. The van der Waals surface area contributed by atoms with Crippen LogP contribution in [0.4, 0.5) is 11.8 Å². The number of hydrogen-bond donors (Lipinski definition) is 2. The second kappa shape index (κ2) is 3.34. The average Bonchev–Trinajstić information content (AvgIpc) is 2.88. The average molecular weight is 205 g/mol. The molecule has 0 atom stereocenters. The van der Waals surface area contributed by atoms with Crippen molar-refractivity contribution in [3.05, 3.63) is 11.3 Å². The monoisotopic (exact) mass is 205 g/mol. The van der Waals surface area contributed by atoms with Crippen molar-refractivity contribution >= 4 is 11.8 Å². The fourth-order valence-electron chi connectivity index (χ4n) is 2.24. The molecule has 0 unspecified atom stereocenters. The third-order valence-corrected chi connectivity index (χ3v) is 3.10. The molecule has 1 aromatic heterocycles. The van der Waals surface area contributed by atoms with Crippen molar-refractivity contribution in [2.45, 2.75) is 25.9 Å². The number of nitrogens with one attached hydrogen (secondary N) is 1. The van der Waals surface area contributed by atoms with Crippen molar-refractivity contribution in [3.8, 4) is 0 Å². The molecule has 0 amide bonds. The molecule has 3 heterocycles. The minimum absolute atomic E-state index is 0.645. The number of aromatic nitrogens is 2. The Kier molecular flexibility index (Phi) is 1.98. The number of nitrogens with two attached hydrogens (primary N) is 1. The Balaban J connectivity index is 1.99. The Bertz CT molecular complexity index is 384. The highest BCUT2D eigenvalue weighted by atomic mass is 15.3. The summed E-state index contributed by atoms with van der Waals surface area (Å²) in [6.07, 6.45) is 2.47. The van der Waals surface area contributed by atoms with Gasteiger partial charge in [-0.05, 0) is 12.8 Å².